The van der Waals surface area contributed by atoms with Crippen molar-refractivity contribution in [2.24, 2.45) is 0 Å². The van der Waals surface area contributed by atoms with E-state index in [2.05, 4.69) is 56.3 Å². The fourth-order valence-electron chi connectivity index (χ4n) is 5.72. The van der Waals surface area contributed by atoms with Crippen molar-refractivity contribution in [2.45, 2.75) is 117 Å². The Hall–Kier alpha value is -3.29. The lowest BCUT2D eigenvalue weighted by molar-refractivity contribution is 0.388. The van der Waals surface area contributed by atoms with Crippen LogP contribution in [-0.4, -0.2) is 0 Å². The molecule has 246 valence electrons. The first-order valence-electron chi connectivity index (χ1n) is 17.9. The number of aryl methyl sites for hydroxylation is 2. The molecule has 0 saturated carbocycles. The molecule has 0 heterocycles. The summed E-state index contributed by atoms with van der Waals surface area (Å²) in [6.45, 7) is 4.54. The zero-order valence-corrected chi connectivity index (χ0v) is 29.2. The van der Waals surface area contributed by atoms with Crippen LogP contribution in [0.1, 0.15) is 115 Å². The maximum atomic E-state index is 6.53. The summed E-state index contributed by atoms with van der Waals surface area (Å²) >= 11 is 0. The smallest absolute Gasteiger partial charge is 0.409 e. The molecule has 0 aliphatic rings. The monoisotopic (exact) mass is 638 g/mol. The molecule has 3 nitrogen and oxygen atoms in total. The summed E-state index contributed by atoms with van der Waals surface area (Å²) in [4.78, 5) is 0. The Labute approximate surface area is 280 Å². The van der Waals surface area contributed by atoms with Gasteiger partial charge in [0.1, 0.15) is 17.2 Å². The molecule has 0 fully saturated rings. The molecule has 0 atom stereocenters. The van der Waals surface area contributed by atoms with E-state index in [-0.39, 0.29) is 0 Å². The predicted molar refractivity (Wildman–Crippen MR) is 197 cm³/mol. The van der Waals surface area contributed by atoms with Crippen LogP contribution in [0.5, 0.6) is 17.2 Å². The van der Waals surface area contributed by atoms with E-state index in [1.54, 1.807) is 0 Å². The lowest BCUT2D eigenvalue weighted by Crippen LogP contribution is -2.03. The summed E-state index contributed by atoms with van der Waals surface area (Å²) in [6, 6.07) is 35.3. The average molecular weight is 639 g/mol. The van der Waals surface area contributed by atoms with Crippen LogP contribution < -0.4 is 13.6 Å². The fraction of sp³-hybridized carbons (Fsp3) is 0.429. The van der Waals surface area contributed by atoms with Gasteiger partial charge in [-0.15, -0.1) is 0 Å². The number of benzene rings is 4. The van der Waals surface area contributed by atoms with Gasteiger partial charge in [0.15, 0.2) is 0 Å². The minimum Gasteiger partial charge on any atom is -0.409 e. The van der Waals surface area contributed by atoms with Gasteiger partial charge in [-0.1, -0.05) is 164 Å². The van der Waals surface area contributed by atoms with Crippen molar-refractivity contribution in [1.29, 1.82) is 0 Å². The van der Waals surface area contributed by atoms with E-state index in [1.807, 2.05) is 60.7 Å². The lowest BCUT2D eigenvalue weighted by Gasteiger charge is -2.20. The Morgan fingerprint density at radius 2 is 0.848 bits per heavy atom. The van der Waals surface area contributed by atoms with E-state index in [1.165, 1.54) is 101 Å². The largest absolute Gasteiger partial charge is 0.530 e. The van der Waals surface area contributed by atoms with Crippen molar-refractivity contribution < 1.29 is 13.6 Å². The molecule has 0 aromatic heterocycles. The summed E-state index contributed by atoms with van der Waals surface area (Å²) < 4.78 is 19.4. The maximum Gasteiger partial charge on any atom is 0.530 e. The van der Waals surface area contributed by atoms with Gasteiger partial charge in [-0.25, -0.2) is 0 Å². The number of hydrogen-bond acceptors (Lipinski definition) is 3. The molecular formula is C42H55O3P. The van der Waals surface area contributed by atoms with Gasteiger partial charge in [-0.05, 0) is 72.7 Å². The first kappa shape index (κ1) is 35.6. The van der Waals surface area contributed by atoms with Crippen LogP contribution in [0.3, 0.4) is 0 Å². The van der Waals surface area contributed by atoms with Crippen LogP contribution in [0, 0.1) is 0 Å². The highest BCUT2D eigenvalue weighted by atomic mass is 31.2. The van der Waals surface area contributed by atoms with Gasteiger partial charge in [0.25, 0.3) is 0 Å². The molecule has 4 aromatic rings. The molecule has 0 N–H and O–H groups in total. The average Bonchev–Trinajstić information content (AvgIpc) is 3.09. The van der Waals surface area contributed by atoms with Crippen LogP contribution in [0.25, 0.3) is 11.1 Å². The third-order valence-electron chi connectivity index (χ3n) is 8.49. The molecule has 0 spiro atoms. The van der Waals surface area contributed by atoms with Crippen molar-refractivity contribution in [3.8, 4) is 28.4 Å². The van der Waals surface area contributed by atoms with E-state index in [4.69, 9.17) is 13.6 Å². The second-order valence-electron chi connectivity index (χ2n) is 12.4. The molecule has 0 aliphatic carbocycles. The van der Waals surface area contributed by atoms with Crippen molar-refractivity contribution in [1.82, 2.24) is 0 Å². The minimum atomic E-state index is -1.76. The fourth-order valence-corrected chi connectivity index (χ4v) is 6.74. The normalized spacial score (nSPS) is 11.1. The lowest BCUT2D eigenvalue weighted by atomic mass is 10.0. The van der Waals surface area contributed by atoms with E-state index >= 15 is 0 Å². The Bertz CT molecular complexity index is 1270. The molecule has 0 unspecified atom stereocenters. The van der Waals surface area contributed by atoms with Gasteiger partial charge in [0.05, 0.1) is 0 Å². The van der Waals surface area contributed by atoms with Gasteiger partial charge in [0.2, 0.25) is 0 Å². The highest BCUT2D eigenvalue weighted by Gasteiger charge is 2.22. The van der Waals surface area contributed by atoms with Gasteiger partial charge in [0, 0.05) is 5.56 Å². The van der Waals surface area contributed by atoms with Gasteiger partial charge in [-0.2, -0.15) is 0 Å². The van der Waals surface area contributed by atoms with Crippen molar-refractivity contribution in [2.75, 3.05) is 0 Å². The zero-order valence-electron chi connectivity index (χ0n) is 28.3. The Kier molecular flexibility index (Phi) is 16.6. The van der Waals surface area contributed by atoms with E-state index < -0.39 is 8.60 Å². The molecule has 4 rings (SSSR count). The summed E-state index contributed by atoms with van der Waals surface area (Å²) in [7, 11) is -1.76. The van der Waals surface area contributed by atoms with Crippen LogP contribution in [0.2, 0.25) is 0 Å². The quantitative estimate of drug-likeness (QED) is 0.0598. The molecular weight excluding hydrogens is 583 g/mol. The second kappa shape index (κ2) is 21.5. The molecule has 0 saturated heterocycles. The SMILES string of the molecule is CCCCCCCCCc1ccc(OP(Oc2ccc(CCCCCCCCC)cc2)Oc2ccccc2-c2ccccc2)cc1. The van der Waals surface area contributed by atoms with Gasteiger partial charge in [-0.3, -0.25) is 0 Å². The van der Waals surface area contributed by atoms with Gasteiger partial charge < -0.3 is 13.6 Å². The third-order valence-corrected chi connectivity index (χ3v) is 9.55. The Morgan fingerprint density at radius 1 is 0.413 bits per heavy atom. The first-order chi connectivity index (χ1) is 22.7. The van der Waals surface area contributed by atoms with Crippen LogP contribution in [-0.2, 0) is 12.8 Å². The van der Waals surface area contributed by atoms with E-state index in [9.17, 15) is 0 Å². The number of unbranched alkanes of at least 4 members (excludes halogenated alkanes) is 12. The molecule has 0 amide bonds. The third kappa shape index (κ3) is 13.2. The van der Waals surface area contributed by atoms with Gasteiger partial charge >= 0.3 is 8.60 Å². The maximum absolute atomic E-state index is 6.53. The molecule has 4 heteroatoms. The summed E-state index contributed by atoms with van der Waals surface area (Å²) in [5.41, 5.74) is 4.80. The van der Waals surface area contributed by atoms with Crippen LogP contribution in [0.15, 0.2) is 103 Å². The first-order valence-corrected chi connectivity index (χ1v) is 19.0. The topological polar surface area (TPSA) is 27.7 Å². The van der Waals surface area contributed by atoms with E-state index in [0.717, 1.165) is 41.2 Å². The number of para-hydroxylation sites is 1. The standard InChI is InChI=1S/C42H55O3P/c1-3-5-7-9-11-13-16-22-36-28-32-39(33-29-36)43-46(45-42-27-21-20-26-41(42)38-24-18-15-19-25-38)44-40-34-30-37(31-35-40)23-17-14-12-10-8-6-4-2/h15,18-21,24-35H,3-14,16-17,22-23H2,1-2H3. The summed E-state index contributed by atoms with van der Waals surface area (Å²) in [5.74, 6) is 2.25. The van der Waals surface area contributed by atoms with E-state index in [0.29, 0.717) is 0 Å². The minimum absolute atomic E-state index is 0.742. The zero-order chi connectivity index (χ0) is 32.1. The van der Waals surface area contributed by atoms with Crippen molar-refractivity contribution >= 4 is 8.60 Å². The molecule has 0 radical (unpaired) electrons. The molecule has 0 aliphatic heterocycles. The summed E-state index contributed by atoms with van der Waals surface area (Å²) in [6.07, 6.45) is 20.7. The molecule has 4 aromatic carbocycles. The van der Waals surface area contributed by atoms with Crippen LogP contribution in [0.4, 0.5) is 0 Å². The summed E-state index contributed by atoms with van der Waals surface area (Å²) in [5, 5.41) is 0. The van der Waals surface area contributed by atoms with Crippen molar-refractivity contribution in [3.05, 3.63) is 114 Å². The Balaban J connectivity index is 1.38. The number of hydrogen-bond donors (Lipinski definition) is 0. The molecule has 46 heavy (non-hydrogen) atoms. The number of rotatable bonds is 23. The highest BCUT2D eigenvalue weighted by Crippen LogP contribution is 2.45. The van der Waals surface area contributed by atoms with Crippen molar-refractivity contribution in [3.63, 3.8) is 0 Å². The van der Waals surface area contributed by atoms with Crippen LogP contribution >= 0.6 is 8.60 Å². The highest BCUT2D eigenvalue weighted by molar-refractivity contribution is 7.43. The Morgan fingerprint density at radius 3 is 1.35 bits per heavy atom. The second-order valence-corrected chi connectivity index (χ2v) is 13.4. The predicted octanol–water partition coefficient (Wildman–Crippen LogP) is 13.7. The molecule has 0 bridgehead atoms.